The highest BCUT2D eigenvalue weighted by Gasteiger charge is 2.28. The van der Waals surface area contributed by atoms with Crippen LogP contribution in [0.25, 0.3) is 0 Å². The Balaban J connectivity index is 1.86. The third kappa shape index (κ3) is 3.86. The predicted octanol–water partition coefficient (Wildman–Crippen LogP) is 2.07. The van der Waals surface area contributed by atoms with E-state index in [9.17, 15) is 4.79 Å². The molecule has 1 unspecified atom stereocenters. The summed E-state index contributed by atoms with van der Waals surface area (Å²) in [5, 5.41) is 4.61. The van der Waals surface area contributed by atoms with Gasteiger partial charge in [-0.05, 0) is 25.0 Å². The van der Waals surface area contributed by atoms with E-state index in [0.717, 1.165) is 36.8 Å². The molecule has 0 aromatic carbocycles. The van der Waals surface area contributed by atoms with Crippen LogP contribution >= 0.6 is 0 Å². The van der Waals surface area contributed by atoms with Crippen molar-refractivity contribution in [1.82, 2.24) is 19.7 Å². The standard InChI is InChI=1S/C19H28N6O/c1-19(2,3)15-8-9-17(26)25(22-15)13-14-7-6-12-24(14)18-20-11-10-16(21-18)23(4)5/h8-11,14H,6-7,12-13H2,1-5H3. The molecule has 1 saturated heterocycles. The maximum absolute atomic E-state index is 12.3. The van der Waals surface area contributed by atoms with Crippen LogP contribution < -0.4 is 15.4 Å². The molecule has 1 fully saturated rings. The Morgan fingerprint density at radius 3 is 2.69 bits per heavy atom. The SMILES string of the molecule is CN(C)c1ccnc(N2CCCC2Cn2nc(C(C)(C)C)ccc2=O)n1. The molecule has 3 rings (SSSR count). The van der Waals surface area contributed by atoms with E-state index in [0.29, 0.717) is 6.54 Å². The Morgan fingerprint density at radius 2 is 2.00 bits per heavy atom. The monoisotopic (exact) mass is 356 g/mol. The van der Waals surface area contributed by atoms with Gasteiger partial charge in [0, 0.05) is 38.3 Å². The molecule has 2 aromatic rings. The molecule has 2 aromatic heterocycles. The molecule has 1 aliphatic rings. The first-order valence-corrected chi connectivity index (χ1v) is 9.11. The zero-order valence-electron chi connectivity index (χ0n) is 16.3. The summed E-state index contributed by atoms with van der Waals surface area (Å²) in [6.45, 7) is 7.76. The molecule has 140 valence electrons. The minimum atomic E-state index is -0.0893. The summed E-state index contributed by atoms with van der Waals surface area (Å²) < 4.78 is 1.60. The smallest absolute Gasteiger partial charge is 0.266 e. The van der Waals surface area contributed by atoms with Crippen molar-refractivity contribution in [2.75, 3.05) is 30.4 Å². The highest BCUT2D eigenvalue weighted by Crippen LogP contribution is 2.25. The lowest BCUT2D eigenvalue weighted by Gasteiger charge is -2.26. The highest BCUT2D eigenvalue weighted by atomic mass is 16.1. The largest absolute Gasteiger partial charge is 0.363 e. The fraction of sp³-hybridized carbons (Fsp3) is 0.579. The lowest BCUT2D eigenvalue weighted by Crippen LogP contribution is -2.38. The van der Waals surface area contributed by atoms with Gasteiger partial charge in [-0.15, -0.1) is 0 Å². The van der Waals surface area contributed by atoms with Crippen molar-refractivity contribution in [2.45, 2.75) is 51.6 Å². The fourth-order valence-corrected chi connectivity index (χ4v) is 3.19. The van der Waals surface area contributed by atoms with Gasteiger partial charge in [-0.2, -0.15) is 10.1 Å². The molecule has 26 heavy (non-hydrogen) atoms. The summed E-state index contributed by atoms with van der Waals surface area (Å²) >= 11 is 0. The van der Waals surface area contributed by atoms with Gasteiger partial charge < -0.3 is 9.80 Å². The van der Waals surface area contributed by atoms with Crippen LogP contribution in [0.5, 0.6) is 0 Å². The van der Waals surface area contributed by atoms with Crippen LogP contribution in [0.4, 0.5) is 11.8 Å². The normalized spacial score (nSPS) is 17.6. The summed E-state index contributed by atoms with van der Waals surface area (Å²) in [5.74, 6) is 1.60. The van der Waals surface area contributed by atoms with Crippen molar-refractivity contribution in [3.63, 3.8) is 0 Å². The molecule has 3 heterocycles. The third-order valence-corrected chi connectivity index (χ3v) is 4.74. The minimum absolute atomic E-state index is 0.0622. The Bertz CT molecular complexity index is 823. The predicted molar refractivity (Wildman–Crippen MR) is 104 cm³/mol. The maximum Gasteiger partial charge on any atom is 0.266 e. The molecular formula is C19H28N6O. The van der Waals surface area contributed by atoms with Crippen LogP contribution in [0.15, 0.2) is 29.2 Å². The minimum Gasteiger partial charge on any atom is -0.363 e. The van der Waals surface area contributed by atoms with Crippen molar-refractivity contribution >= 4 is 11.8 Å². The van der Waals surface area contributed by atoms with Crippen LogP contribution in [0, 0.1) is 0 Å². The summed E-state index contributed by atoms with van der Waals surface area (Å²) in [7, 11) is 3.93. The lowest BCUT2D eigenvalue weighted by atomic mass is 9.92. The summed E-state index contributed by atoms with van der Waals surface area (Å²) in [6.07, 6.45) is 3.86. The first-order valence-electron chi connectivity index (χ1n) is 9.11. The van der Waals surface area contributed by atoms with Crippen molar-refractivity contribution in [1.29, 1.82) is 0 Å². The number of rotatable bonds is 4. The number of nitrogens with zero attached hydrogens (tertiary/aromatic N) is 6. The number of anilines is 2. The Labute approximate surface area is 154 Å². The molecule has 0 bridgehead atoms. The number of hydrogen-bond donors (Lipinski definition) is 0. The van der Waals surface area contributed by atoms with Crippen LogP contribution in [-0.2, 0) is 12.0 Å². The molecule has 7 heteroatoms. The topological polar surface area (TPSA) is 67.2 Å². The van der Waals surface area contributed by atoms with Crippen molar-refractivity contribution in [2.24, 2.45) is 0 Å². The van der Waals surface area contributed by atoms with Gasteiger partial charge in [0.05, 0.1) is 18.3 Å². The second-order valence-corrected chi connectivity index (χ2v) is 8.09. The van der Waals surface area contributed by atoms with Gasteiger partial charge >= 0.3 is 0 Å². The van der Waals surface area contributed by atoms with Gasteiger partial charge in [0.1, 0.15) is 5.82 Å². The van der Waals surface area contributed by atoms with E-state index < -0.39 is 0 Å². The average molecular weight is 356 g/mol. The van der Waals surface area contributed by atoms with Crippen molar-refractivity contribution in [3.05, 3.63) is 40.4 Å². The molecule has 7 nitrogen and oxygen atoms in total. The quantitative estimate of drug-likeness (QED) is 0.835. The maximum atomic E-state index is 12.3. The van der Waals surface area contributed by atoms with Crippen LogP contribution in [0.3, 0.4) is 0 Å². The highest BCUT2D eigenvalue weighted by molar-refractivity contribution is 5.43. The van der Waals surface area contributed by atoms with E-state index in [1.165, 1.54) is 0 Å². The number of aromatic nitrogens is 4. The summed E-state index contributed by atoms with van der Waals surface area (Å²) in [6, 6.07) is 5.52. The Hall–Kier alpha value is -2.44. The Morgan fingerprint density at radius 1 is 1.23 bits per heavy atom. The molecule has 1 atom stereocenters. The second-order valence-electron chi connectivity index (χ2n) is 8.09. The molecule has 0 saturated carbocycles. The average Bonchev–Trinajstić information content (AvgIpc) is 3.04. The molecule has 1 aliphatic heterocycles. The van der Waals surface area contributed by atoms with E-state index in [-0.39, 0.29) is 17.0 Å². The van der Waals surface area contributed by atoms with Crippen LogP contribution in [-0.4, -0.2) is 46.4 Å². The van der Waals surface area contributed by atoms with E-state index >= 15 is 0 Å². The van der Waals surface area contributed by atoms with Crippen molar-refractivity contribution in [3.8, 4) is 0 Å². The van der Waals surface area contributed by atoms with E-state index in [1.807, 2.05) is 31.1 Å². The van der Waals surface area contributed by atoms with Crippen molar-refractivity contribution < 1.29 is 0 Å². The first kappa shape index (κ1) is 18.4. The molecule has 0 spiro atoms. The fourth-order valence-electron chi connectivity index (χ4n) is 3.19. The molecule has 0 radical (unpaired) electrons. The van der Waals surface area contributed by atoms with Gasteiger partial charge in [-0.3, -0.25) is 4.79 Å². The van der Waals surface area contributed by atoms with E-state index in [4.69, 9.17) is 0 Å². The zero-order chi connectivity index (χ0) is 18.9. The second kappa shape index (κ2) is 7.05. The third-order valence-electron chi connectivity index (χ3n) is 4.74. The van der Waals surface area contributed by atoms with Gasteiger partial charge in [-0.25, -0.2) is 9.67 Å². The van der Waals surface area contributed by atoms with Crippen LogP contribution in [0.1, 0.15) is 39.3 Å². The van der Waals surface area contributed by atoms with Gasteiger partial charge in [0.25, 0.3) is 5.56 Å². The van der Waals surface area contributed by atoms with Gasteiger partial charge in [0.15, 0.2) is 0 Å². The van der Waals surface area contributed by atoms with Gasteiger partial charge in [0.2, 0.25) is 5.95 Å². The Kier molecular flexibility index (Phi) is 4.98. The van der Waals surface area contributed by atoms with Crippen LogP contribution in [0.2, 0.25) is 0 Å². The van der Waals surface area contributed by atoms with E-state index in [2.05, 4.69) is 40.7 Å². The van der Waals surface area contributed by atoms with Gasteiger partial charge in [-0.1, -0.05) is 20.8 Å². The lowest BCUT2D eigenvalue weighted by molar-refractivity contribution is 0.455. The molecule has 0 N–H and O–H groups in total. The number of hydrogen-bond acceptors (Lipinski definition) is 6. The molecular weight excluding hydrogens is 328 g/mol. The zero-order valence-corrected chi connectivity index (χ0v) is 16.3. The summed E-state index contributed by atoms with van der Waals surface area (Å²) in [5.41, 5.74) is 0.772. The molecule has 0 aliphatic carbocycles. The first-order chi connectivity index (χ1) is 12.3. The summed E-state index contributed by atoms with van der Waals surface area (Å²) in [4.78, 5) is 25.6. The molecule has 0 amide bonds. The van der Waals surface area contributed by atoms with E-state index in [1.54, 1.807) is 16.9 Å².